The van der Waals surface area contributed by atoms with E-state index in [1.165, 1.54) is 11.8 Å². The van der Waals surface area contributed by atoms with Gasteiger partial charge in [-0.3, -0.25) is 4.79 Å². The van der Waals surface area contributed by atoms with Gasteiger partial charge in [0.25, 0.3) is 6.43 Å². The number of alkyl halides is 3. The molecule has 0 aliphatic heterocycles. The van der Waals surface area contributed by atoms with Crippen LogP contribution >= 0.6 is 27.7 Å². The summed E-state index contributed by atoms with van der Waals surface area (Å²) in [5.74, 6) is -0.0971. The first-order valence-electron chi connectivity index (χ1n) is 4.61. The van der Waals surface area contributed by atoms with Crippen molar-refractivity contribution in [3.8, 4) is 0 Å². The topological polar surface area (TPSA) is 17.1 Å². The van der Waals surface area contributed by atoms with Crippen molar-refractivity contribution in [1.29, 1.82) is 0 Å². The van der Waals surface area contributed by atoms with E-state index < -0.39 is 6.43 Å². The lowest BCUT2D eigenvalue weighted by atomic mass is 10.0. The number of carbonyl (C=O) groups is 1. The third-order valence-electron chi connectivity index (χ3n) is 2.13. The molecule has 1 nitrogen and oxygen atoms in total. The zero-order valence-corrected chi connectivity index (χ0v) is 11.1. The molecule has 88 valence electrons. The molecule has 0 heterocycles. The van der Waals surface area contributed by atoms with Gasteiger partial charge in [0.2, 0.25) is 0 Å². The van der Waals surface area contributed by atoms with E-state index >= 15 is 0 Å². The van der Waals surface area contributed by atoms with E-state index in [0.717, 1.165) is 0 Å². The molecule has 0 spiro atoms. The lowest BCUT2D eigenvalue weighted by Gasteiger charge is -2.11. The highest BCUT2D eigenvalue weighted by atomic mass is 79.9. The van der Waals surface area contributed by atoms with E-state index in [4.69, 9.17) is 0 Å². The van der Waals surface area contributed by atoms with E-state index in [2.05, 4.69) is 15.9 Å². The van der Waals surface area contributed by atoms with Gasteiger partial charge in [0, 0.05) is 16.9 Å². The maximum absolute atomic E-state index is 12.9. The number of hydrogen-bond donors (Lipinski definition) is 0. The number of ketones is 1. The van der Waals surface area contributed by atoms with Crippen LogP contribution in [0.5, 0.6) is 0 Å². The van der Waals surface area contributed by atoms with Crippen LogP contribution in [-0.2, 0) is 11.2 Å². The predicted octanol–water partition coefficient (Wildman–Crippen LogP) is 3.85. The summed E-state index contributed by atoms with van der Waals surface area (Å²) in [5.41, 5.74) is 0.413. The number of Topliss-reactive ketones (excluding diaryl/α,β-unsaturated/α-hetero) is 1. The van der Waals surface area contributed by atoms with E-state index in [9.17, 15) is 13.6 Å². The molecular weight excluding hydrogens is 298 g/mol. The van der Waals surface area contributed by atoms with Crippen molar-refractivity contribution < 1.29 is 13.6 Å². The lowest BCUT2D eigenvalue weighted by molar-refractivity contribution is -0.115. The predicted molar refractivity (Wildman–Crippen MR) is 65.7 cm³/mol. The Balaban J connectivity index is 3.11. The highest BCUT2D eigenvalue weighted by Gasteiger charge is 2.18. The summed E-state index contributed by atoms with van der Waals surface area (Å²) in [7, 11) is 0. The van der Waals surface area contributed by atoms with Crippen LogP contribution in [-0.4, -0.2) is 17.4 Å². The minimum absolute atomic E-state index is 0.00991. The maximum atomic E-state index is 12.9. The van der Waals surface area contributed by atoms with Crippen LogP contribution < -0.4 is 0 Å². The number of carbonyl (C=O) groups excluding carboxylic acids is 1. The van der Waals surface area contributed by atoms with Crippen LogP contribution in [0.4, 0.5) is 8.78 Å². The second-order valence-corrected chi connectivity index (χ2v) is 4.59. The van der Waals surface area contributed by atoms with E-state index in [1.54, 1.807) is 24.5 Å². The first-order valence-corrected chi connectivity index (χ1v) is 6.96. The normalized spacial score (nSPS) is 10.8. The first-order chi connectivity index (χ1) is 7.60. The number of halogens is 3. The van der Waals surface area contributed by atoms with E-state index in [1.807, 2.05) is 0 Å². The molecule has 16 heavy (non-hydrogen) atoms. The second kappa shape index (κ2) is 6.35. The fraction of sp³-hybridized carbons (Fsp3) is 0.364. The Bertz CT molecular complexity index is 382. The smallest absolute Gasteiger partial charge is 0.265 e. The Morgan fingerprint density at radius 2 is 2.19 bits per heavy atom. The van der Waals surface area contributed by atoms with Crippen molar-refractivity contribution >= 4 is 33.5 Å². The molecule has 0 bridgehead atoms. The van der Waals surface area contributed by atoms with Crippen LogP contribution in [0.1, 0.15) is 17.6 Å². The molecule has 0 unspecified atom stereocenters. The van der Waals surface area contributed by atoms with Crippen molar-refractivity contribution in [2.75, 3.05) is 11.6 Å². The average molecular weight is 309 g/mol. The molecule has 0 amide bonds. The summed E-state index contributed by atoms with van der Waals surface area (Å²) in [6.07, 6.45) is -0.738. The van der Waals surface area contributed by atoms with Gasteiger partial charge in [0.05, 0.1) is 5.33 Å². The van der Waals surface area contributed by atoms with Crippen molar-refractivity contribution in [2.45, 2.75) is 17.7 Å². The van der Waals surface area contributed by atoms with Gasteiger partial charge in [-0.2, -0.15) is 0 Å². The average Bonchev–Trinajstić information content (AvgIpc) is 2.28. The Labute approximate surface area is 106 Å². The molecule has 0 aromatic heterocycles. The minimum atomic E-state index is -2.54. The summed E-state index contributed by atoms with van der Waals surface area (Å²) in [6.45, 7) is 0. The second-order valence-electron chi connectivity index (χ2n) is 3.18. The molecule has 0 N–H and O–H groups in total. The molecule has 0 atom stereocenters. The van der Waals surface area contributed by atoms with Gasteiger partial charge in [-0.15, -0.1) is 11.8 Å². The largest absolute Gasteiger partial charge is 0.298 e. The van der Waals surface area contributed by atoms with Gasteiger partial charge in [-0.05, 0) is 17.9 Å². The number of rotatable bonds is 5. The number of thioether (sulfide) groups is 1. The third kappa shape index (κ3) is 3.28. The molecule has 1 aromatic carbocycles. The summed E-state index contributed by atoms with van der Waals surface area (Å²) >= 11 is 4.30. The molecule has 0 fully saturated rings. The molecule has 5 heteroatoms. The van der Waals surface area contributed by atoms with Crippen LogP contribution in [0.15, 0.2) is 23.1 Å². The standard InChI is InChI=1S/C11H11BrF2OS/c1-16-9-4-2-3-7(5-8(15)6-12)10(9)11(13)14/h2-4,11H,5-6H2,1H3. The highest BCUT2D eigenvalue weighted by Crippen LogP contribution is 2.32. The molecule has 0 radical (unpaired) electrons. The monoisotopic (exact) mass is 308 g/mol. The lowest BCUT2D eigenvalue weighted by Crippen LogP contribution is -2.07. The number of benzene rings is 1. The molecule has 0 aliphatic rings. The van der Waals surface area contributed by atoms with Crippen molar-refractivity contribution in [3.05, 3.63) is 29.3 Å². The van der Waals surface area contributed by atoms with Gasteiger partial charge in [-0.25, -0.2) is 8.78 Å². The number of hydrogen-bond acceptors (Lipinski definition) is 2. The van der Waals surface area contributed by atoms with Crippen LogP contribution in [0.3, 0.4) is 0 Å². The van der Waals surface area contributed by atoms with Crippen LogP contribution in [0.2, 0.25) is 0 Å². The zero-order valence-electron chi connectivity index (χ0n) is 8.67. The first kappa shape index (κ1) is 13.6. The highest BCUT2D eigenvalue weighted by molar-refractivity contribution is 9.09. The van der Waals surface area contributed by atoms with Gasteiger partial charge < -0.3 is 0 Å². The Kier molecular flexibility index (Phi) is 5.41. The van der Waals surface area contributed by atoms with Crippen molar-refractivity contribution in [1.82, 2.24) is 0 Å². The molecule has 0 saturated heterocycles. The minimum Gasteiger partial charge on any atom is -0.298 e. The van der Waals surface area contributed by atoms with E-state index in [-0.39, 0.29) is 23.1 Å². The summed E-state index contributed by atoms with van der Waals surface area (Å²) in [6, 6.07) is 4.94. The van der Waals surface area contributed by atoms with Gasteiger partial charge in [0.1, 0.15) is 5.78 Å². The van der Waals surface area contributed by atoms with Crippen LogP contribution in [0.25, 0.3) is 0 Å². The van der Waals surface area contributed by atoms with Gasteiger partial charge in [0.15, 0.2) is 0 Å². The zero-order chi connectivity index (χ0) is 12.1. The SMILES string of the molecule is CSc1cccc(CC(=O)CBr)c1C(F)F. The van der Waals surface area contributed by atoms with Crippen LogP contribution in [0, 0.1) is 0 Å². The molecule has 1 rings (SSSR count). The van der Waals surface area contributed by atoms with Crippen molar-refractivity contribution in [3.63, 3.8) is 0 Å². The Hall–Kier alpha value is -0.420. The Morgan fingerprint density at radius 1 is 1.50 bits per heavy atom. The van der Waals surface area contributed by atoms with Gasteiger partial charge in [-0.1, -0.05) is 28.1 Å². The Morgan fingerprint density at radius 3 is 2.69 bits per heavy atom. The third-order valence-corrected chi connectivity index (χ3v) is 3.55. The van der Waals surface area contributed by atoms with E-state index in [0.29, 0.717) is 10.5 Å². The molecule has 0 aliphatic carbocycles. The quantitative estimate of drug-likeness (QED) is 0.607. The summed E-state index contributed by atoms with van der Waals surface area (Å²) < 4.78 is 25.8. The fourth-order valence-electron chi connectivity index (χ4n) is 1.43. The summed E-state index contributed by atoms with van der Waals surface area (Å²) in [4.78, 5) is 11.8. The van der Waals surface area contributed by atoms with Crippen molar-refractivity contribution in [2.24, 2.45) is 0 Å². The maximum Gasteiger partial charge on any atom is 0.265 e. The summed E-state index contributed by atoms with van der Waals surface area (Å²) in [5, 5.41) is 0.194. The molecule has 1 aromatic rings. The molecular formula is C11H11BrF2OS. The fourth-order valence-corrected chi connectivity index (χ4v) is 2.28. The van der Waals surface area contributed by atoms with Gasteiger partial charge >= 0.3 is 0 Å². The molecule has 0 saturated carbocycles.